The molecule has 88 valence electrons. The van der Waals surface area contributed by atoms with Gasteiger partial charge < -0.3 is 15.5 Å². The predicted molar refractivity (Wildman–Crippen MR) is 62.5 cm³/mol. The van der Waals surface area contributed by atoms with Gasteiger partial charge in [0.15, 0.2) is 11.5 Å². The first-order valence-corrected chi connectivity index (χ1v) is 5.62. The zero-order valence-corrected chi connectivity index (χ0v) is 9.48. The Kier molecular flexibility index (Phi) is 3.31. The van der Waals surface area contributed by atoms with Gasteiger partial charge in [-0.25, -0.2) is 0 Å². The molecule has 4 heteroatoms. The SMILES string of the molecule is CC1CN(Cc2ccc(O)c(O)c2)CCN1. The van der Waals surface area contributed by atoms with Crippen molar-refractivity contribution in [2.45, 2.75) is 19.5 Å². The fourth-order valence-corrected chi connectivity index (χ4v) is 2.08. The van der Waals surface area contributed by atoms with Gasteiger partial charge in [-0.15, -0.1) is 0 Å². The normalized spacial score (nSPS) is 22.2. The lowest BCUT2D eigenvalue weighted by Crippen LogP contribution is -2.48. The van der Waals surface area contributed by atoms with E-state index in [1.165, 1.54) is 6.07 Å². The highest BCUT2D eigenvalue weighted by atomic mass is 16.3. The molecule has 1 fully saturated rings. The summed E-state index contributed by atoms with van der Waals surface area (Å²) in [6.07, 6.45) is 0. The Balaban J connectivity index is 2.00. The molecule has 1 heterocycles. The number of hydrogen-bond donors (Lipinski definition) is 3. The molecule has 0 bridgehead atoms. The summed E-state index contributed by atoms with van der Waals surface area (Å²) in [7, 11) is 0. The molecular weight excluding hydrogens is 204 g/mol. The molecular formula is C12H18N2O2. The Hall–Kier alpha value is -1.26. The van der Waals surface area contributed by atoms with Gasteiger partial charge in [0.1, 0.15) is 0 Å². The van der Waals surface area contributed by atoms with E-state index in [-0.39, 0.29) is 11.5 Å². The van der Waals surface area contributed by atoms with Gasteiger partial charge in [-0.2, -0.15) is 0 Å². The fraction of sp³-hybridized carbons (Fsp3) is 0.500. The Bertz CT molecular complexity index is 368. The lowest BCUT2D eigenvalue weighted by molar-refractivity contribution is 0.199. The third-order valence-corrected chi connectivity index (χ3v) is 2.90. The number of phenols is 2. The smallest absolute Gasteiger partial charge is 0.157 e. The fourth-order valence-electron chi connectivity index (χ4n) is 2.08. The van der Waals surface area contributed by atoms with Crippen molar-refractivity contribution in [1.29, 1.82) is 0 Å². The van der Waals surface area contributed by atoms with E-state index in [0.29, 0.717) is 6.04 Å². The van der Waals surface area contributed by atoms with Crippen LogP contribution < -0.4 is 5.32 Å². The van der Waals surface area contributed by atoms with Gasteiger partial charge >= 0.3 is 0 Å². The van der Waals surface area contributed by atoms with E-state index in [2.05, 4.69) is 17.1 Å². The Morgan fingerprint density at radius 2 is 2.19 bits per heavy atom. The quantitative estimate of drug-likeness (QED) is 0.651. The van der Waals surface area contributed by atoms with Gasteiger partial charge in [0.05, 0.1) is 0 Å². The van der Waals surface area contributed by atoms with Crippen LogP contribution >= 0.6 is 0 Å². The molecule has 1 aliphatic rings. The third kappa shape index (κ3) is 2.65. The number of rotatable bonds is 2. The van der Waals surface area contributed by atoms with Crippen LogP contribution in [0, 0.1) is 0 Å². The van der Waals surface area contributed by atoms with E-state index in [1.807, 2.05) is 6.07 Å². The van der Waals surface area contributed by atoms with E-state index >= 15 is 0 Å². The first-order valence-electron chi connectivity index (χ1n) is 5.62. The molecule has 1 saturated heterocycles. The average Bonchev–Trinajstić information content (AvgIpc) is 2.24. The van der Waals surface area contributed by atoms with Crippen molar-refractivity contribution in [2.24, 2.45) is 0 Å². The van der Waals surface area contributed by atoms with Crippen molar-refractivity contribution in [3.05, 3.63) is 23.8 Å². The van der Waals surface area contributed by atoms with Crippen LogP contribution in [0.15, 0.2) is 18.2 Å². The lowest BCUT2D eigenvalue weighted by Gasteiger charge is -2.31. The highest BCUT2D eigenvalue weighted by Gasteiger charge is 2.15. The average molecular weight is 222 g/mol. The Labute approximate surface area is 95.5 Å². The van der Waals surface area contributed by atoms with E-state index in [0.717, 1.165) is 31.7 Å². The number of phenolic OH excluding ortho intramolecular Hbond substituents is 2. The first kappa shape index (κ1) is 11.2. The summed E-state index contributed by atoms with van der Waals surface area (Å²) in [6.45, 7) is 6.03. The minimum absolute atomic E-state index is 0.0410. The summed E-state index contributed by atoms with van der Waals surface area (Å²) in [4.78, 5) is 2.34. The highest BCUT2D eigenvalue weighted by molar-refractivity contribution is 5.40. The number of nitrogens with zero attached hydrogens (tertiary/aromatic N) is 1. The van der Waals surface area contributed by atoms with Crippen LogP contribution in [0.3, 0.4) is 0 Å². The zero-order chi connectivity index (χ0) is 11.5. The van der Waals surface area contributed by atoms with Crippen molar-refractivity contribution >= 4 is 0 Å². The van der Waals surface area contributed by atoms with E-state index < -0.39 is 0 Å². The monoisotopic (exact) mass is 222 g/mol. The molecule has 1 aliphatic heterocycles. The van der Waals surface area contributed by atoms with Crippen LogP contribution in [0.2, 0.25) is 0 Å². The van der Waals surface area contributed by atoms with Gasteiger partial charge in [-0.3, -0.25) is 4.90 Å². The van der Waals surface area contributed by atoms with Crippen molar-refractivity contribution in [3.63, 3.8) is 0 Å². The molecule has 4 nitrogen and oxygen atoms in total. The lowest BCUT2D eigenvalue weighted by atomic mass is 10.1. The Morgan fingerprint density at radius 1 is 1.38 bits per heavy atom. The number of aromatic hydroxyl groups is 2. The maximum Gasteiger partial charge on any atom is 0.157 e. The van der Waals surface area contributed by atoms with E-state index in [1.54, 1.807) is 6.07 Å². The van der Waals surface area contributed by atoms with Crippen molar-refractivity contribution in [2.75, 3.05) is 19.6 Å². The summed E-state index contributed by atoms with van der Waals surface area (Å²) in [6, 6.07) is 5.53. The summed E-state index contributed by atoms with van der Waals surface area (Å²) >= 11 is 0. The summed E-state index contributed by atoms with van der Waals surface area (Å²) < 4.78 is 0. The van der Waals surface area contributed by atoms with Crippen LogP contribution in [-0.4, -0.2) is 40.8 Å². The molecule has 0 radical (unpaired) electrons. The molecule has 0 aromatic heterocycles. The minimum Gasteiger partial charge on any atom is -0.504 e. The van der Waals surface area contributed by atoms with Crippen LogP contribution in [-0.2, 0) is 6.54 Å². The number of benzene rings is 1. The molecule has 0 aliphatic carbocycles. The topological polar surface area (TPSA) is 55.7 Å². The van der Waals surface area contributed by atoms with Crippen molar-refractivity contribution < 1.29 is 10.2 Å². The highest BCUT2D eigenvalue weighted by Crippen LogP contribution is 2.25. The molecule has 2 rings (SSSR count). The maximum atomic E-state index is 9.40. The second kappa shape index (κ2) is 4.72. The molecule has 1 aromatic carbocycles. The van der Waals surface area contributed by atoms with Gasteiger partial charge in [0, 0.05) is 32.2 Å². The van der Waals surface area contributed by atoms with Crippen molar-refractivity contribution in [3.8, 4) is 11.5 Å². The molecule has 0 saturated carbocycles. The molecule has 16 heavy (non-hydrogen) atoms. The van der Waals surface area contributed by atoms with Crippen LogP contribution in [0.4, 0.5) is 0 Å². The molecule has 3 N–H and O–H groups in total. The maximum absolute atomic E-state index is 9.40. The molecule has 0 amide bonds. The van der Waals surface area contributed by atoms with Gasteiger partial charge in [-0.05, 0) is 24.6 Å². The van der Waals surface area contributed by atoms with Crippen LogP contribution in [0.5, 0.6) is 11.5 Å². The molecule has 1 unspecified atom stereocenters. The number of piperazine rings is 1. The molecule has 0 spiro atoms. The van der Waals surface area contributed by atoms with Crippen LogP contribution in [0.1, 0.15) is 12.5 Å². The summed E-state index contributed by atoms with van der Waals surface area (Å²) in [5, 5.41) is 22.0. The number of hydrogen-bond acceptors (Lipinski definition) is 4. The second-order valence-electron chi connectivity index (χ2n) is 4.41. The molecule has 1 atom stereocenters. The predicted octanol–water partition coefficient (Wildman–Crippen LogP) is 0.891. The second-order valence-corrected chi connectivity index (χ2v) is 4.41. The first-order chi connectivity index (χ1) is 7.65. The molecule has 1 aromatic rings. The summed E-state index contributed by atoms with van der Waals surface area (Å²) in [5.41, 5.74) is 1.03. The number of nitrogens with one attached hydrogen (secondary N) is 1. The van der Waals surface area contributed by atoms with E-state index in [9.17, 15) is 10.2 Å². The standard InChI is InChI=1S/C12H18N2O2/c1-9-7-14(5-4-13-9)8-10-2-3-11(15)12(16)6-10/h2-3,6,9,13,15-16H,4-5,7-8H2,1H3. The van der Waals surface area contributed by atoms with E-state index in [4.69, 9.17) is 0 Å². The van der Waals surface area contributed by atoms with Gasteiger partial charge in [0.25, 0.3) is 0 Å². The third-order valence-electron chi connectivity index (χ3n) is 2.90. The van der Waals surface area contributed by atoms with Crippen molar-refractivity contribution in [1.82, 2.24) is 10.2 Å². The minimum atomic E-state index is -0.0579. The summed E-state index contributed by atoms with van der Waals surface area (Å²) in [5.74, 6) is -0.0990. The zero-order valence-electron chi connectivity index (χ0n) is 9.48. The van der Waals surface area contributed by atoms with Gasteiger partial charge in [0.2, 0.25) is 0 Å². The van der Waals surface area contributed by atoms with Crippen LogP contribution in [0.25, 0.3) is 0 Å². The Morgan fingerprint density at radius 3 is 2.88 bits per heavy atom. The van der Waals surface area contributed by atoms with Gasteiger partial charge in [-0.1, -0.05) is 6.07 Å². The largest absolute Gasteiger partial charge is 0.504 e.